The Kier molecular flexibility index (Phi) is 3.10. The van der Waals surface area contributed by atoms with Gasteiger partial charge in [-0.3, -0.25) is 9.59 Å². The lowest BCUT2D eigenvalue weighted by atomic mass is 9.96. The summed E-state index contributed by atoms with van der Waals surface area (Å²) in [5.41, 5.74) is 0.608. The van der Waals surface area contributed by atoms with E-state index in [9.17, 15) is 9.59 Å². The third-order valence-corrected chi connectivity index (χ3v) is 3.40. The molecular formula is C12H12BrNO2. The number of hydrogen-bond acceptors (Lipinski definition) is 2. The van der Waals surface area contributed by atoms with Gasteiger partial charge in [0.25, 0.3) is 0 Å². The van der Waals surface area contributed by atoms with E-state index in [2.05, 4.69) is 15.9 Å². The van der Waals surface area contributed by atoms with E-state index in [1.165, 1.54) is 0 Å². The molecule has 84 valence electrons. The number of halogens is 1. The third kappa shape index (κ3) is 2.02. The van der Waals surface area contributed by atoms with Crippen LogP contribution in [0.5, 0.6) is 0 Å². The highest BCUT2D eigenvalue weighted by atomic mass is 79.9. The second kappa shape index (κ2) is 4.37. The van der Waals surface area contributed by atoms with Crippen molar-refractivity contribution >= 4 is 27.6 Å². The summed E-state index contributed by atoms with van der Waals surface area (Å²) >= 11 is 3.31. The molecular weight excluding hydrogens is 270 g/mol. The summed E-state index contributed by atoms with van der Waals surface area (Å²) in [5.74, 6) is -0.610. The van der Waals surface area contributed by atoms with E-state index in [1.807, 2.05) is 12.1 Å². The molecule has 0 N–H and O–H groups in total. The van der Waals surface area contributed by atoms with Gasteiger partial charge in [0.2, 0.25) is 5.91 Å². The number of Topliss-reactive ketones (excluding diaryl/α,β-unsaturated/α-hetero) is 1. The second-order valence-electron chi connectivity index (χ2n) is 3.97. The monoisotopic (exact) mass is 281 g/mol. The van der Waals surface area contributed by atoms with Gasteiger partial charge < -0.3 is 4.90 Å². The van der Waals surface area contributed by atoms with Crippen LogP contribution in [-0.2, 0) is 4.79 Å². The lowest BCUT2D eigenvalue weighted by Crippen LogP contribution is -2.27. The fraction of sp³-hybridized carbons (Fsp3) is 0.333. The lowest BCUT2D eigenvalue weighted by Gasteiger charge is -2.09. The van der Waals surface area contributed by atoms with Gasteiger partial charge in [0.05, 0.1) is 0 Å². The molecule has 16 heavy (non-hydrogen) atoms. The molecule has 1 heterocycles. The quantitative estimate of drug-likeness (QED) is 0.615. The van der Waals surface area contributed by atoms with Crippen LogP contribution in [0.3, 0.4) is 0 Å². The van der Waals surface area contributed by atoms with Crippen molar-refractivity contribution in [1.29, 1.82) is 0 Å². The molecule has 4 heteroatoms. The van der Waals surface area contributed by atoms with Gasteiger partial charge in [-0.2, -0.15) is 0 Å². The number of hydrogen-bond donors (Lipinski definition) is 0. The van der Waals surface area contributed by atoms with Crippen molar-refractivity contribution in [2.45, 2.75) is 6.42 Å². The molecule has 1 fully saturated rings. The van der Waals surface area contributed by atoms with Gasteiger partial charge in [0, 0.05) is 23.6 Å². The van der Waals surface area contributed by atoms with Gasteiger partial charge in [-0.05, 0) is 18.6 Å². The molecule has 0 bridgehead atoms. The zero-order chi connectivity index (χ0) is 11.7. The predicted molar refractivity (Wildman–Crippen MR) is 64.2 cm³/mol. The molecule has 0 aliphatic carbocycles. The van der Waals surface area contributed by atoms with Crippen molar-refractivity contribution in [3.63, 3.8) is 0 Å². The topological polar surface area (TPSA) is 37.4 Å². The minimum Gasteiger partial charge on any atom is -0.345 e. The van der Waals surface area contributed by atoms with Crippen LogP contribution in [0.15, 0.2) is 28.7 Å². The first-order valence-corrected chi connectivity index (χ1v) is 5.93. The lowest BCUT2D eigenvalue weighted by molar-refractivity contribution is -0.128. The van der Waals surface area contributed by atoms with E-state index in [0.717, 1.165) is 4.47 Å². The van der Waals surface area contributed by atoms with E-state index in [0.29, 0.717) is 18.5 Å². The van der Waals surface area contributed by atoms with Crippen LogP contribution in [0.2, 0.25) is 0 Å². The first-order chi connectivity index (χ1) is 7.59. The number of likely N-dealkylation sites (tertiary alicyclic amines) is 1. The molecule has 1 amide bonds. The number of carbonyl (C=O) groups excluding carboxylic acids is 2. The van der Waals surface area contributed by atoms with Gasteiger partial charge >= 0.3 is 0 Å². The minimum atomic E-state index is -0.480. The standard InChI is InChI=1S/C12H12BrNO2/c1-14-7-6-10(12(14)16)11(15)8-2-4-9(13)5-3-8/h2-5,10H,6-7H2,1H3. The van der Waals surface area contributed by atoms with Crippen molar-refractivity contribution in [3.05, 3.63) is 34.3 Å². The molecule has 1 atom stereocenters. The summed E-state index contributed by atoms with van der Waals surface area (Å²) in [4.78, 5) is 25.3. The molecule has 1 aliphatic heterocycles. The van der Waals surface area contributed by atoms with Crippen molar-refractivity contribution in [2.24, 2.45) is 5.92 Å². The smallest absolute Gasteiger partial charge is 0.233 e. The summed E-state index contributed by atoms with van der Waals surface area (Å²) in [7, 11) is 1.73. The number of rotatable bonds is 2. The normalized spacial score (nSPS) is 20.2. The Labute approximate surface area is 103 Å². The maximum Gasteiger partial charge on any atom is 0.233 e. The molecule has 1 aromatic carbocycles. The Balaban J connectivity index is 2.20. The molecule has 0 saturated carbocycles. The zero-order valence-corrected chi connectivity index (χ0v) is 10.5. The van der Waals surface area contributed by atoms with Crippen molar-refractivity contribution in [3.8, 4) is 0 Å². The van der Waals surface area contributed by atoms with Gasteiger partial charge in [0.15, 0.2) is 5.78 Å². The molecule has 0 spiro atoms. The highest BCUT2D eigenvalue weighted by Gasteiger charge is 2.35. The van der Waals surface area contributed by atoms with Crippen LogP contribution in [0, 0.1) is 5.92 Å². The Morgan fingerprint density at radius 3 is 2.50 bits per heavy atom. The highest BCUT2D eigenvalue weighted by molar-refractivity contribution is 9.10. The van der Waals surface area contributed by atoms with E-state index < -0.39 is 5.92 Å². The largest absolute Gasteiger partial charge is 0.345 e. The number of benzene rings is 1. The molecule has 1 unspecified atom stereocenters. The summed E-state index contributed by atoms with van der Waals surface area (Å²) in [6, 6.07) is 7.13. The summed E-state index contributed by atoms with van der Waals surface area (Å²) < 4.78 is 0.930. The average molecular weight is 282 g/mol. The van der Waals surface area contributed by atoms with E-state index in [4.69, 9.17) is 0 Å². The fourth-order valence-electron chi connectivity index (χ4n) is 1.88. The third-order valence-electron chi connectivity index (χ3n) is 2.87. The predicted octanol–water partition coefficient (Wildman–Crippen LogP) is 2.11. The fourth-order valence-corrected chi connectivity index (χ4v) is 2.15. The Hall–Kier alpha value is -1.16. The summed E-state index contributed by atoms with van der Waals surface area (Å²) in [6.07, 6.45) is 0.629. The molecule has 1 saturated heterocycles. The molecule has 0 aromatic heterocycles. The summed E-state index contributed by atoms with van der Waals surface area (Å²) in [5, 5.41) is 0. The maximum absolute atomic E-state index is 12.1. The van der Waals surface area contributed by atoms with Crippen LogP contribution < -0.4 is 0 Å². The Morgan fingerprint density at radius 2 is 2.00 bits per heavy atom. The van der Waals surface area contributed by atoms with Crippen molar-refractivity contribution in [2.75, 3.05) is 13.6 Å². The van der Waals surface area contributed by atoms with Crippen molar-refractivity contribution < 1.29 is 9.59 Å². The van der Waals surface area contributed by atoms with Gasteiger partial charge in [-0.25, -0.2) is 0 Å². The van der Waals surface area contributed by atoms with Crippen molar-refractivity contribution in [1.82, 2.24) is 4.90 Å². The van der Waals surface area contributed by atoms with Crippen LogP contribution in [0.25, 0.3) is 0 Å². The molecule has 1 aliphatic rings. The van der Waals surface area contributed by atoms with Crippen LogP contribution >= 0.6 is 15.9 Å². The van der Waals surface area contributed by atoms with Crippen LogP contribution in [0.4, 0.5) is 0 Å². The average Bonchev–Trinajstić information content (AvgIpc) is 2.60. The van der Waals surface area contributed by atoms with E-state index in [-0.39, 0.29) is 11.7 Å². The van der Waals surface area contributed by atoms with E-state index in [1.54, 1.807) is 24.1 Å². The maximum atomic E-state index is 12.1. The van der Waals surface area contributed by atoms with Gasteiger partial charge in [-0.15, -0.1) is 0 Å². The summed E-state index contributed by atoms with van der Waals surface area (Å²) in [6.45, 7) is 0.672. The minimum absolute atomic E-state index is 0.0621. The van der Waals surface area contributed by atoms with Crippen LogP contribution in [-0.4, -0.2) is 30.2 Å². The molecule has 0 radical (unpaired) electrons. The van der Waals surface area contributed by atoms with Crippen LogP contribution in [0.1, 0.15) is 16.8 Å². The zero-order valence-electron chi connectivity index (χ0n) is 8.94. The Morgan fingerprint density at radius 1 is 1.38 bits per heavy atom. The molecule has 3 nitrogen and oxygen atoms in total. The van der Waals surface area contributed by atoms with E-state index >= 15 is 0 Å². The number of nitrogens with zero attached hydrogens (tertiary/aromatic N) is 1. The molecule has 2 rings (SSSR count). The number of carbonyl (C=O) groups is 2. The highest BCUT2D eigenvalue weighted by Crippen LogP contribution is 2.22. The number of ketones is 1. The first kappa shape index (κ1) is 11.3. The van der Waals surface area contributed by atoms with Gasteiger partial charge in [0.1, 0.15) is 5.92 Å². The first-order valence-electron chi connectivity index (χ1n) is 5.14. The number of amides is 1. The second-order valence-corrected chi connectivity index (χ2v) is 4.89. The SMILES string of the molecule is CN1CCC(C(=O)c2ccc(Br)cc2)C1=O. The Bertz CT molecular complexity index is 427. The molecule has 1 aromatic rings. The van der Waals surface area contributed by atoms with Gasteiger partial charge in [-0.1, -0.05) is 28.1 Å².